The maximum Gasteiger partial charge on any atom is 0.157 e. The fourth-order valence-corrected chi connectivity index (χ4v) is 1.24. The van der Waals surface area contributed by atoms with Crippen LogP contribution in [0.5, 0.6) is 0 Å². The van der Waals surface area contributed by atoms with Crippen LogP contribution in [-0.2, 0) is 9.47 Å². The van der Waals surface area contributed by atoms with Gasteiger partial charge in [-0.25, -0.2) is 0 Å². The highest BCUT2D eigenvalue weighted by Gasteiger charge is 2.01. The van der Waals surface area contributed by atoms with Crippen LogP contribution in [0.2, 0.25) is 0 Å². The molecule has 0 aromatic heterocycles. The Morgan fingerprint density at radius 3 is 2.13 bits per heavy atom. The van der Waals surface area contributed by atoms with E-state index in [4.69, 9.17) is 9.47 Å². The van der Waals surface area contributed by atoms with Gasteiger partial charge in [0.15, 0.2) is 6.29 Å². The van der Waals surface area contributed by atoms with Gasteiger partial charge in [-0.05, 0) is 12.8 Å². The van der Waals surface area contributed by atoms with Gasteiger partial charge in [0.25, 0.3) is 0 Å². The molecule has 0 N–H and O–H groups in total. The fourth-order valence-electron chi connectivity index (χ4n) is 1.24. The van der Waals surface area contributed by atoms with Crippen LogP contribution in [0.1, 0.15) is 39.0 Å². The van der Waals surface area contributed by atoms with E-state index in [1.54, 1.807) is 14.2 Å². The zero-order chi connectivity index (χ0) is 11.4. The van der Waals surface area contributed by atoms with Crippen molar-refractivity contribution >= 4 is 0 Å². The lowest BCUT2D eigenvalue weighted by Crippen LogP contribution is -2.11. The van der Waals surface area contributed by atoms with Gasteiger partial charge in [0.05, 0.1) is 0 Å². The molecule has 0 saturated carbocycles. The molecule has 0 bridgehead atoms. The van der Waals surface area contributed by atoms with Gasteiger partial charge in [-0.3, -0.25) is 0 Å². The van der Waals surface area contributed by atoms with Gasteiger partial charge >= 0.3 is 0 Å². The molecule has 2 nitrogen and oxygen atoms in total. The molecule has 0 unspecified atom stereocenters. The highest BCUT2D eigenvalue weighted by molar-refractivity contribution is 5.02. The van der Waals surface area contributed by atoms with Crippen LogP contribution in [0.3, 0.4) is 0 Å². The highest BCUT2D eigenvalue weighted by atomic mass is 16.7. The summed E-state index contributed by atoms with van der Waals surface area (Å²) in [6, 6.07) is 0. The Bertz CT molecular complexity index is 169. The van der Waals surface area contributed by atoms with Crippen LogP contribution in [0.25, 0.3) is 0 Å². The quantitative estimate of drug-likeness (QED) is 0.330. The normalized spacial score (nSPS) is 12.3. The van der Waals surface area contributed by atoms with Crippen LogP contribution >= 0.6 is 0 Å². The topological polar surface area (TPSA) is 18.5 Å². The van der Waals surface area contributed by atoms with Crippen molar-refractivity contribution in [1.29, 1.82) is 0 Å². The summed E-state index contributed by atoms with van der Waals surface area (Å²) in [5.74, 6) is 0. The van der Waals surface area contributed by atoms with Gasteiger partial charge < -0.3 is 9.47 Å². The van der Waals surface area contributed by atoms with Crippen LogP contribution in [0, 0.1) is 0 Å². The van der Waals surface area contributed by atoms with Crippen molar-refractivity contribution in [3.8, 4) is 0 Å². The molecule has 0 radical (unpaired) electrons. The monoisotopic (exact) mass is 212 g/mol. The van der Waals surface area contributed by atoms with Crippen LogP contribution in [0.4, 0.5) is 0 Å². The molecule has 0 aromatic rings. The summed E-state index contributed by atoms with van der Waals surface area (Å²) in [4.78, 5) is 0. The molecule has 0 heterocycles. The highest BCUT2D eigenvalue weighted by Crippen LogP contribution is 2.02. The molecule has 0 rings (SSSR count). The molecule has 0 fully saturated rings. The molecule has 0 saturated heterocycles. The van der Waals surface area contributed by atoms with Gasteiger partial charge in [-0.15, -0.1) is 0 Å². The minimum absolute atomic E-state index is 0.0706. The summed E-state index contributed by atoms with van der Waals surface area (Å²) in [7, 11) is 3.34. The van der Waals surface area contributed by atoms with Gasteiger partial charge in [0, 0.05) is 20.6 Å². The molecule has 0 aliphatic rings. The molecule has 0 aliphatic heterocycles. The summed E-state index contributed by atoms with van der Waals surface area (Å²) < 4.78 is 10.2. The lowest BCUT2D eigenvalue weighted by atomic mass is 10.2. The first-order valence-corrected chi connectivity index (χ1v) is 5.72. The van der Waals surface area contributed by atoms with Crippen molar-refractivity contribution in [3.05, 3.63) is 24.3 Å². The van der Waals surface area contributed by atoms with Crippen molar-refractivity contribution in [2.24, 2.45) is 0 Å². The van der Waals surface area contributed by atoms with Crippen molar-refractivity contribution in [3.63, 3.8) is 0 Å². The van der Waals surface area contributed by atoms with E-state index in [0.717, 1.165) is 12.8 Å². The van der Waals surface area contributed by atoms with Crippen LogP contribution in [-0.4, -0.2) is 20.5 Å². The van der Waals surface area contributed by atoms with Gasteiger partial charge in [0.2, 0.25) is 0 Å². The second kappa shape index (κ2) is 11.5. The predicted molar refractivity (Wildman–Crippen MR) is 64.8 cm³/mol. The molecule has 88 valence electrons. The summed E-state index contributed by atoms with van der Waals surface area (Å²) in [6.07, 6.45) is 14.1. The van der Waals surface area contributed by atoms with E-state index in [-0.39, 0.29) is 6.29 Å². The Morgan fingerprint density at radius 1 is 1.00 bits per heavy atom. The third-order valence-electron chi connectivity index (χ3n) is 2.20. The second-order valence-electron chi connectivity index (χ2n) is 3.48. The SMILES string of the molecule is CCCC/C=C/C=C\CCC(OC)OC. The summed E-state index contributed by atoms with van der Waals surface area (Å²) in [6.45, 7) is 2.21. The molecule has 0 aliphatic carbocycles. The number of allylic oxidation sites excluding steroid dienone is 4. The molecule has 2 heteroatoms. The zero-order valence-electron chi connectivity index (χ0n) is 10.2. The van der Waals surface area contributed by atoms with E-state index in [1.807, 2.05) is 0 Å². The summed E-state index contributed by atoms with van der Waals surface area (Å²) >= 11 is 0. The van der Waals surface area contributed by atoms with E-state index in [2.05, 4.69) is 31.2 Å². The summed E-state index contributed by atoms with van der Waals surface area (Å²) in [5.41, 5.74) is 0. The number of hydrogen-bond donors (Lipinski definition) is 0. The second-order valence-corrected chi connectivity index (χ2v) is 3.48. The number of rotatable bonds is 9. The molecular weight excluding hydrogens is 188 g/mol. The van der Waals surface area contributed by atoms with E-state index in [9.17, 15) is 0 Å². The Kier molecular flexibility index (Phi) is 11.0. The number of unbranched alkanes of at least 4 members (excludes halogenated alkanes) is 2. The molecule has 0 amide bonds. The largest absolute Gasteiger partial charge is 0.356 e. The smallest absolute Gasteiger partial charge is 0.157 e. The van der Waals surface area contributed by atoms with E-state index in [1.165, 1.54) is 19.3 Å². The first-order valence-electron chi connectivity index (χ1n) is 5.72. The van der Waals surface area contributed by atoms with E-state index < -0.39 is 0 Å². The molecule has 0 spiro atoms. The third kappa shape index (κ3) is 9.70. The molecule has 15 heavy (non-hydrogen) atoms. The standard InChI is InChI=1S/C13H24O2/c1-4-5-6-7-8-9-10-11-12-13(14-2)15-3/h7-10,13H,4-6,11-12H2,1-3H3/b8-7+,10-9-. The fraction of sp³-hybridized carbons (Fsp3) is 0.692. The van der Waals surface area contributed by atoms with Crippen molar-refractivity contribution in [1.82, 2.24) is 0 Å². The Hall–Kier alpha value is -0.600. The van der Waals surface area contributed by atoms with E-state index in [0.29, 0.717) is 0 Å². The lowest BCUT2D eigenvalue weighted by Gasteiger charge is -2.10. The van der Waals surface area contributed by atoms with Gasteiger partial charge in [0.1, 0.15) is 0 Å². The maximum absolute atomic E-state index is 5.08. The number of hydrogen-bond acceptors (Lipinski definition) is 2. The number of methoxy groups -OCH3 is 2. The van der Waals surface area contributed by atoms with Crippen molar-refractivity contribution < 1.29 is 9.47 Å². The average Bonchev–Trinajstić information content (AvgIpc) is 2.27. The Labute approximate surface area is 94.0 Å². The van der Waals surface area contributed by atoms with Gasteiger partial charge in [-0.1, -0.05) is 44.1 Å². The van der Waals surface area contributed by atoms with Crippen LogP contribution in [0.15, 0.2) is 24.3 Å². The minimum atomic E-state index is -0.0706. The predicted octanol–water partition coefficient (Wildman–Crippen LogP) is 3.69. The summed E-state index contributed by atoms with van der Waals surface area (Å²) in [5, 5.41) is 0. The van der Waals surface area contributed by atoms with E-state index >= 15 is 0 Å². The first kappa shape index (κ1) is 14.4. The maximum atomic E-state index is 5.08. The Balaban J connectivity index is 3.41. The van der Waals surface area contributed by atoms with Crippen molar-refractivity contribution in [2.75, 3.05) is 14.2 Å². The minimum Gasteiger partial charge on any atom is -0.356 e. The Morgan fingerprint density at radius 2 is 1.60 bits per heavy atom. The average molecular weight is 212 g/mol. The molecule has 0 aromatic carbocycles. The molecular formula is C13H24O2. The number of ether oxygens (including phenoxy) is 2. The first-order chi connectivity index (χ1) is 7.35. The molecule has 0 atom stereocenters. The van der Waals surface area contributed by atoms with Crippen molar-refractivity contribution in [2.45, 2.75) is 45.3 Å². The zero-order valence-corrected chi connectivity index (χ0v) is 10.2. The third-order valence-corrected chi connectivity index (χ3v) is 2.20. The lowest BCUT2D eigenvalue weighted by molar-refractivity contribution is -0.105. The van der Waals surface area contributed by atoms with Crippen LogP contribution < -0.4 is 0 Å². The van der Waals surface area contributed by atoms with Gasteiger partial charge in [-0.2, -0.15) is 0 Å².